The SMILES string of the molecule is NC(=O)OS(=O)(=O)CCc1ccc(N)c(Br)c1. The Balaban J connectivity index is 2.67. The summed E-state index contributed by atoms with van der Waals surface area (Å²) in [7, 11) is -3.92. The van der Waals surface area contributed by atoms with Crippen LogP contribution in [0.25, 0.3) is 0 Å². The van der Waals surface area contributed by atoms with Gasteiger partial charge in [-0.2, -0.15) is 8.42 Å². The minimum absolute atomic E-state index is 0.203. The van der Waals surface area contributed by atoms with E-state index in [1.165, 1.54) is 0 Å². The first-order chi connectivity index (χ1) is 7.80. The lowest BCUT2D eigenvalue weighted by Gasteiger charge is -2.05. The van der Waals surface area contributed by atoms with Gasteiger partial charge in [0, 0.05) is 10.2 Å². The number of hydrogen-bond acceptors (Lipinski definition) is 5. The molecule has 17 heavy (non-hydrogen) atoms. The van der Waals surface area contributed by atoms with E-state index in [0.717, 1.165) is 5.56 Å². The van der Waals surface area contributed by atoms with Crippen molar-refractivity contribution in [3.8, 4) is 0 Å². The summed E-state index contributed by atoms with van der Waals surface area (Å²) < 4.78 is 27.1. The molecule has 4 N–H and O–H groups in total. The van der Waals surface area contributed by atoms with Crippen molar-refractivity contribution in [2.45, 2.75) is 6.42 Å². The van der Waals surface area contributed by atoms with Crippen LogP contribution in [0.2, 0.25) is 0 Å². The molecule has 1 rings (SSSR count). The molecule has 0 atom stereocenters. The van der Waals surface area contributed by atoms with E-state index in [2.05, 4.69) is 25.8 Å². The van der Waals surface area contributed by atoms with Crippen LogP contribution in [0, 0.1) is 0 Å². The van der Waals surface area contributed by atoms with E-state index >= 15 is 0 Å². The Morgan fingerprint density at radius 1 is 1.41 bits per heavy atom. The molecule has 8 heteroatoms. The predicted octanol–water partition coefficient (Wildman–Crippen LogP) is 0.999. The zero-order chi connectivity index (χ0) is 13.1. The number of anilines is 1. The van der Waals surface area contributed by atoms with Crippen molar-refractivity contribution in [2.24, 2.45) is 5.73 Å². The summed E-state index contributed by atoms with van der Waals surface area (Å²) in [6.45, 7) is 0. The number of aryl methyl sites for hydroxylation is 1. The molecule has 1 aromatic carbocycles. The maximum atomic E-state index is 11.2. The van der Waals surface area contributed by atoms with Gasteiger partial charge in [0.05, 0.1) is 5.75 Å². The number of benzene rings is 1. The minimum atomic E-state index is -3.92. The molecule has 0 saturated heterocycles. The number of carbonyl (C=O) groups is 1. The number of amides is 1. The third-order valence-corrected chi connectivity index (χ3v) is 3.72. The van der Waals surface area contributed by atoms with E-state index in [1.54, 1.807) is 18.2 Å². The Bertz CT molecular complexity index is 530. The Hall–Kier alpha value is -1.28. The van der Waals surface area contributed by atoms with E-state index in [9.17, 15) is 13.2 Å². The normalized spacial score (nSPS) is 11.1. The molecule has 0 radical (unpaired) electrons. The quantitative estimate of drug-likeness (QED) is 0.634. The lowest BCUT2D eigenvalue weighted by atomic mass is 10.1. The molecule has 0 saturated carbocycles. The van der Waals surface area contributed by atoms with Crippen molar-refractivity contribution in [3.63, 3.8) is 0 Å². The van der Waals surface area contributed by atoms with Crippen LogP contribution in [0.1, 0.15) is 5.56 Å². The smallest absolute Gasteiger partial charge is 0.398 e. The van der Waals surface area contributed by atoms with Crippen LogP contribution in [-0.2, 0) is 20.7 Å². The maximum absolute atomic E-state index is 11.2. The minimum Gasteiger partial charge on any atom is -0.398 e. The Morgan fingerprint density at radius 2 is 2.06 bits per heavy atom. The summed E-state index contributed by atoms with van der Waals surface area (Å²) in [5.41, 5.74) is 11.5. The first-order valence-electron chi connectivity index (χ1n) is 4.55. The molecule has 0 aliphatic carbocycles. The van der Waals surface area contributed by atoms with Gasteiger partial charge in [-0.05, 0) is 40.0 Å². The number of rotatable bonds is 4. The molecule has 6 nitrogen and oxygen atoms in total. The second-order valence-corrected chi connectivity index (χ2v) is 5.81. The molecule has 0 aromatic heterocycles. The summed E-state index contributed by atoms with van der Waals surface area (Å²) in [4.78, 5) is 10.3. The highest BCUT2D eigenvalue weighted by molar-refractivity contribution is 9.10. The average Bonchev–Trinajstić information content (AvgIpc) is 2.18. The van der Waals surface area contributed by atoms with Gasteiger partial charge in [-0.3, -0.25) is 0 Å². The van der Waals surface area contributed by atoms with Gasteiger partial charge in [0.15, 0.2) is 0 Å². The van der Waals surface area contributed by atoms with Crippen LogP contribution >= 0.6 is 15.9 Å². The highest BCUT2D eigenvalue weighted by atomic mass is 79.9. The fourth-order valence-electron chi connectivity index (χ4n) is 1.14. The monoisotopic (exact) mass is 322 g/mol. The van der Waals surface area contributed by atoms with Crippen molar-refractivity contribution in [1.82, 2.24) is 0 Å². The molecule has 1 amide bonds. The van der Waals surface area contributed by atoms with Crippen molar-refractivity contribution in [3.05, 3.63) is 28.2 Å². The van der Waals surface area contributed by atoms with Gasteiger partial charge in [0.25, 0.3) is 0 Å². The van der Waals surface area contributed by atoms with E-state index < -0.39 is 16.2 Å². The lowest BCUT2D eigenvalue weighted by molar-refractivity contribution is 0.213. The number of primary amides is 1. The predicted molar refractivity (Wildman–Crippen MR) is 66.7 cm³/mol. The second kappa shape index (κ2) is 5.37. The summed E-state index contributed by atoms with van der Waals surface area (Å²) in [6.07, 6.45) is -1.13. The van der Waals surface area contributed by atoms with E-state index in [1.807, 2.05) is 0 Å². The van der Waals surface area contributed by atoms with Gasteiger partial charge >= 0.3 is 16.2 Å². The third-order valence-electron chi connectivity index (χ3n) is 1.91. The standard InChI is InChI=1S/C9H11BrN2O4S/c10-7-5-6(1-2-8(7)11)3-4-17(14,15)16-9(12)13/h1-2,5H,3-4,11H2,(H2,12,13). The molecule has 0 aliphatic rings. The first-order valence-corrected chi connectivity index (χ1v) is 6.93. The van der Waals surface area contributed by atoms with Crippen LogP contribution in [0.4, 0.5) is 10.5 Å². The number of nitrogen functional groups attached to an aromatic ring is 1. The highest BCUT2D eigenvalue weighted by Gasteiger charge is 2.15. The van der Waals surface area contributed by atoms with Crippen LogP contribution in [-0.4, -0.2) is 20.3 Å². The molecular formula is C9H11BrN2O4S. The Kier molecular flexibility index (Phi) is 4.35. The third kappa shape index (κ3) is 4.61. The first kappa shape index (κ1) is 13.8. The molecule has 0 heterocycles. The lowest BCUT2D eigenvalue weighted by Crippen LogP contribution is -2.21. The van der Waals surface area contributed by atoms with Crippen LogP contribution in [0.5, 0.6) is 0 Å². The molecule has 1 aromatic rings. The molecule has 0 bridgehead atoms. The number of hydrogen-bond donors (Lipinski definition) is 2. The van der Waals surface area contributed by atoms with Gasteiger partial charge in [-0.25, -0.2) is 4.79 Å². The number of carbonyl (C=O) groups excluding carboxylic acids is 1. The second-order valence-electron chi connectivity index (χ2n) is 3.27. The van der Waals surface area contributed by atoms with E-state index in [-0.39, 0.29) is 12.2 Å². The summed E-state index contributed by atoms with van der Waals surface area (Å²) in [5, 5.41) is 0. The number of halogens is 1. The molecule has 0 fully saturated rings. The zero-order valence-electron chi connectivity index (χ0n) is 8.72. The Morgan fingerprint density at radius 3 is 2.59 bits per heavy atom. The van der Waals surface area contributed by atoms with Gasteiger partial charge in [-0.15, -0.1) is 0 Å². The summed E-state index contributed by atoms with van der Waals surface area (Å²) in [5.74, 6) is -0.327. The summed E-state index contributed by atoms with van der Waals surface area (Å²) in [6, 6.07) is 5.05. The van der Waals surface area contributed by atoms with Gasteiger partial charge in [-0.1, -0.05) is 6.07 Å². The van der Waals surface area contributed by atoms with Crippen molar-refractivity contribution in [2.75, 3.05) is 11.5 Å². The van der Waals surface area contributed by atoms with Crippen molar-refractivity contribution >= 4 is 37.8 Å². The van der Waals surface area contributed by atoms with Gasteiger partial charge < -0.3 is 15.7 Å². The molecule has 0 spiro atoms. The largest absolute Gasteiger partial charge is 0.420 e. The number of nitrogens with two attached hydrogens (primary N) is 2. The topological polar surface area (TPSA) is 112 Å². The summed E-state index contributed by atoms with van der Waals surface area (Å²) >= 11 is 3.23. The molecule has 0 aliphatic heterocycles. The fraction of sp³-hybridized carbons (Fsp3) is 0.222. The van der Waals surface area contributed by atoms with Gasteiger partial charge in [0.1, 0.15) is 0 Å². The van der Waals surface area contributed by atoms with Crippen molar-refractivity contribution in [1.29, 1.82) is 0 Å². The Labute approximate surface area is 107 Å². The van der Waals surface area contributed by atoms with E-state index in [0.29, 0.717) is 10.2 Å². The highest BCUT2D eigenvalue weighted by Crippen LogP contribution is 2.20. The molecule has 0 unspecified atom stereocenters. The van der Waals surface area contributed by atoms with Crippen LogP contribution < -0.4 is 11.5 Å². The fourth-order valence-corrected chi connectivity index (χ4v) is 2.38. The zero-order valence-corrected chi connectivity index (χ0v) is 11.1. The maximum Gasteiger partial charge on any atom is 0.420 e. The van der Waals surface area contributed by atoms with E-state index in [4.69, 9.17) is 5.73 Å². The molecular weight excluding hydrogens is 312 g/mol. The van der Waals surface area contributed by atoms with Crippen LogP contribution in [0.15, 0.2) is 22.7 Å². The van der Waals surface area contributed by atoms with Crippen molar-refractivity contribution < 1.29 is 17.4 Å². The van der Waals surface area contributed by atoms with Gasteiger partial charge in [0.2, 0.25) is 0 Å². The average molecular weight is 323 g/mol. The van der Waals surface area contributed by atoms with Crippen LogP contribution in [0.3, 0.4) is 0 Å². The molecule has 94 valence electrons.